The average Bonchev–Trinajstić information content (AvgIpc) is 3.71. The van der Waals surface area contributed by atoms with Crippen LogP contribution < -0.4 is 10.6 Å². The van der Waals surface area contributed by atoms with Crippen LogP contribution in [-0.2, 0) is 28.7 Å². The van der Waals surface area contributed by atoms with Crippen molar-refractivity contribution in [1.29, 1.82) is 0 Å². The van der Waals surface area contributed by atoms with Crippen molar-refractivity contribution >= 4 is 81.5 Å². The van der Waals surface area contributed by atoms with E-state index in [0.29, 0.717) is 55.4 Å². The van der Waals surface area contributed by atoms with Crippen LogP contribution in [0.3, 0.4) is 0 Å². The molecule has 294 valence electrons. The maximum absolute atomic E-state index is 14.9. The molecule has 10 nitrogen and oxygen atoms in total. The van der Waals surface area contributed by atoms with Gasteiger partial charge in [0.25, 0.3) is 0 Å². The Morgan fingerprint density at radius 2 is 0.821 bits per heavy atom. The normalized spacial score (nSPS) is 22.0. The van der Waals surface area contributed by atoms with Gasteiger partial charge in [-0.05, 0) is 96.8 Å². The van der Waals surface area contributed by atoms with Crippen molar-refractivity contribution in [1.82, 2.24) is 10.0 Å². The summed E-state index contributed by atoms with van der Waals surface area (Å²) in [6, 6.07) is 22.2. The number of nitrogens with zero attached hydrogens (tertiary/aromatic N) is 2. The Bertz CT molecular complexity index is 1850. The van der Waals surface area contributed by atoms with Crippen molar-refractivity contribution in [3.05, 3.63) is 128 Å². The Kier molecular flexibility index (Phi) is 14.0. The monoisotopic (exact) mass is 838 g/mol. The van der Waals surface area contributed by atoms with Crippen molar-refractivity contribution < 1.29 is 28.7 Å². The van der Waals surface area contributed by atoms with E-state index < -0.39 is 59.8 Å². The zero-order chi connectivity index (χ0) is 39.9. The Morgan fingerprint density at radius 3 is 1.12 bits per heavy atom. The van der Waals surface area contributed by atoms with E-state index in [-0.39, 0.29) is 13.2 Å². The molecule has 4 aromatic carbocycles. The first kappa shape index (κ1) is 41.5. The van der Waals surface area contributed by atoms with Crippen LogP contribution in [0.4, 0.5) is 11.4 Å². The van der Waals surface area contributed by atoms with E-state index in [2.05, 4.69) is 10.6 Å². The molecule has 56 heavy (non-hydrogen) atoms. The van der Waals surface area contributed by atoms with Gasteiger partial charge in [-0.3, -0.25) is 19.2 Å². The van der Waals surface area contributed by atoms with E-state index in [0.717, 1.165) is 12.8 Å². The van der Waals surface area contributed by atoms with Crippen LogP contribution in [0, 0.1) is 11.8 Å². The van der Waals surface area contributed by atoms with Gasteiger partial charge in [0, 0.05) is 31.5 Å². The Balaban J connectivity index is 1.59. The number of benzene rings is 4. The summed E-state index contributed by atoms with van der Waals surface area (Å²) in [5.74, 6) is -4.81. The molecule has 0 unspecified atom stereocenters. The van der Waals surface area contributed by atoms with E-state index in [1.807, 2.05) is 13.8 Å². The van der Waals surface area contributed by atoms with Crippen LogP contribution >= 0.6 is 46.4 Å². The van der Waals surface area contributed by atoms with Gasteiger partial charge in [0.2, 0.25) is 11.8 Å². The molecule has 14 heteroatoms. The molecule has 2 fully saturated rings. The molecular formula is C42H42Cl4N4O6. The highest BCUT2D eigenvalue weighted by atomic mass is 35.5. The molecule has 2 N–H and O–H groups in total. The molecule has 0 aliphatic carbocycles. The molecule has 6 rings (SSSR count). The SMILES string of the molecule is CCCCOC(=O)[C@@H]1[C@@H](C(=O)Nc2ccc(Cl)cc2)N2[C@H](c3ccc(Cl)cc3)[C@H](C(=O)OCCCC)[C@H](C(=O)Nc3ccc(Cl)cc3)N2[C@@H]1c1ccc(Cl)cc1. The first-order valence-electron chi connectivity index (χ1n) is 18.6. The molecule has 2 aliphatic rings. The number of anilines is 2. The minimum Gasteiger partial charge on any atom is -0.465 e. The molecule has 2 amide bonds. The fourth-order valence-electron chi connectivity index (χ4n) is 7.37. The lowest BCUT2D eigenvalue weighted by atomic mass is 9.82. The lowest BCUT2D eigenvalue weighted by Crippen LogP contribution is -2.49. The number of hydrazine groups is 1. The third-order valence-electron chi connectivity index (χ3n) is 9.98. The van der Waals surface area contributed by atoms with Crippen molar-refractivity contribution in [2.45, 2.75) is 63.7 Å². The zero-order valence-corrected chi connectivity index (χ0v) is 33.8. The third-order valence-corrected chi connectivity index (χ3v) is 11.0. The molecule has 4 aromatic rings. The Labute approximate surface area is 346 Å². The lowest BCUT2D eigenvalue weighted by Gasteiger charge is -2.33. The summed E-state index contributed by atoms with van der Waals surface area (Å²) in [5, 5.41) is 11.1. The molecule has 0 bridgehead atoms. The molecule has 0 radical (unpaired) electrons. The second-order valence-electron chi connectivity index (χ2n) is 13.7. The number of esters is 2. The second-order valence-corrected chi connectivity index (χ2v) is 15.5. The minimum absolute atomic E-state index is 0.123. The van der Waals surface area contributed by atoms with Crippen molar-refractivity contribution in [2.24, 2.45) is 11.8 Å². The highest BCUT2D eigenvalue weighted by Crippen LogP contribution is 2.56. The number of carbonyl (C=O) groups excluding carboxylic acids is 4. The van der Waals surface area contributed by atoms with Gasteiger partial charge in [-0.2, -0.15) is 0 Å². The van der Waals surface area contributed by atoms with Gasteiger partial charge >= 0.3 is 11.9 Å². The highest BCUT2D eigenvalue weighted by molar-refractivity contribution is 6.31. The van der Waals surface area contributed by atoms with Gasteiger partial charge in [0.15, 0.2) is 0 Å². The van der Waals surface area contributed by atoms with Crippen LogP contribution in [0.25, 0.3) is 0 Å². The number of hydrogen-bond donors (Lipinski definition) is 2. The fraction of sp³-hybridized carbons (Fsp3) is 0.333. The van der Waals surface area contributed by atoms with Crippen LogP contribution in [0.1, 0.15) is 62.7 Å². The van der Waals surface area contributed by atoms with E-state index in [4.69, 9.17) is 55.9 Å². The highest BCUT2D eigenvalue weighted by Gasteiger charge is 2.68. The predicted molar refractivity (Wildman–Crippen MR) is 219 cm³/mol. The number of unbranched alkanes of at least 4 members (excludes halogenated alkanes) is 2. The number of rotatable bonds is 14. The first-order chi connectivity index (χ1) is 27.0. The number of amides is 2. The summed E-state index contributed by atoms with van der Waals surface area (Å²) in [6.45, 7) is 4.20. The number of hydrogen-bond acceptors (Lipinski definition) is 8. The number of fused-ring (bicyclic) bond motifs is 1. The van der Waals surface area contributed by atoms with Gasteiger partial charge < -0.3 is 20.1 Å². The maximum Gasteiger partial charge on any atom is 0.313 e. The molecule has 0 aromatic heterocycles. The van der Waals surface area contributed by atoms with Gasteiger partial charge in [0.05, 0.1) is 25.3 Å². The molecule has 2 saturated heterocycles. The molecule has 0 spiro atoms. The quantitative estimate of drug-likeness (QED) is 0.0953. The number of halogens is 4. The predicted octanol–water partition coefficient (Wildman–Crippen LogP) is 9.56. The summed E-state index contributed by atoms with van der Waals surface area (Å²) in [7, 11) is 0. The molecule has 6 atom stereocenters. The standard InChI is InChI=1S/C42H42Cl4N4O6/c1-3-5-23-55-41(53)33-35(25-7-11-27(43)12-8-25)49-38(40(52)48-32-21-17-30(46)18-22-32)34(42(54)56-24-6-4-2)36(26-9-13-28(44)14-10-26)50(49)37(33)39(51)47-31-19-15-29(45)16-20-31/h7-22,33-38H,3-6,23-24H2,1-2H3,(H,47,51)(H,48,52)/t33-,34-,35+,36+,37-,38+/m0/s1. The van der Waals surface area contributed by atoms with Crippen molar-refractivity contribution in [3.63, 3.8) is 0 Å². The second kappa shape index (κ2) is 18.9. The van der Waals surface area contributed by atoms with E-state index in [9.17, 15) is 19.2 Å². The van der Waals surface area contributed by atoms with Crippen molar-refractivity contribution in [2.75, 3.05) is 23.8 Å². The maximum atomic E-state index is 14.9. The smallest absolute Gasteiger partial charge is 0.313 e. The fourth-order valence-corrected chi connectivity index (χ4v) is 7.88. The average molecular weight is 841 g/mol. The van der Waals surface area contributed by atoms with Crippen LogP contribution in [0.5, 0.6) is 0 Å². The van der Waals surface area contributed by atoms with Crippen LogP contribution in [-0.4, -0.2) is 59.1 Å². The van der Waals surface area contributed by atoms with Gasteiger partial charge in [-0.15, -0.1) is 0 Å². The molecule has 0 saturated carbocycles. The first-order valence-corrected chi connectivity index (χ1v) is 20.1. The van der Waals surface area contributed by atoms with Crippen LogP contribution in [0.2, 0.25) is 20.1 Å². The van der Waals surface area contributed by atoms with Crippen molar-refractivity contribution in [3.8, 4) is 0 Å². The number of nitrogens with one attached hydrogen (secondary N) is 2. The largest absolute Gasteiger partial charge is 0.465 e. The summed E-state index contributed by atoms with van der Waals surface area (Å²) in [6.07, 6.45) is 2.74. The molecule has 2 aliphatic heterocycles. The van der Waals surface area contributed by atoms with Crippen LogP contribution in [0.15, 0.2) is 97.1 Å². The zero-order valence-electron chi connectivity index (χ0n) is 30.8. The third kappa shape index (κ3) is 9.17. The van der Waals surface area contributed by atoms with E-state index >= 15 is 0 Å². The van der Waals surface area contributed by atoms with E-state index in [1.165, 1.54) is 0 Å². The topological polar surface area (TPSA) is 117 Å². The Hall–Kier alpha value is -4.16. The summed E-state index contributed by atoms with van der Waals surface area (Å²) in [4.78, 5) is 59.0. The summed E-state index contributed by atoms with van der Waals surface area (Å²) < 4.78 is 11.8. The minimum atomic E-state index is -1.31. The lowest BCUT2D eigenvalue weighted by molar-refractivity contribution is -0.154. The molecular weight excluding hydrogens is 798 g/mol. The van der Waals surface area contributed by atoms with Gasteiger partial charge in [0.1, 0.15) is 23.9 Å². The van der Waals surface area contributed by atoms with Gasteiger partial charge in [-0.25, -0.2) is 10.0 Å². The summed E-state index contributed by atoms with van der Waals surface area (Å²) >= 11 is 25.1. The Morgan fingerprint density at radius 1 is 0.518 bits per heavy atom. The summed E-state index contributed by atoms with van der Waals surface area (Å²) in [5.41, 5.74) is 1.98. The molecule has 2 heterocycles. The van der Waals surface area contributed by atoms with Gasteiger partial charge in [-0.1, -0.05) is 97.4 Å². The number of carbonyl (C=O) groups is 4. The van der Waals surface area contributed by atoms with E-state index in [1.54, 1.807) is 107 Å². The number of ether oxygens (including phenoxy) is 2.